The molecular weight excluding hydrogens is 130 g/mol. The highest BCUT2D eigenvalue weighted by atomic mass is 16.2. The van der Waals surface area contributed by atoms with Crippen LogP contribution in [0.1, 0.15) is 13.3 Å². The van der Waals surface area contributed by atoms with Crippen LogP contribution < -0.4 is 5.32 Å². The second-order valence-electron chi connectivity index (χ2n) is 2.41. The van der Waals surface area contributed by atoms with Crippen molar-refractivity contribution in [3.05, 3.63) is 11.6 Å². The third kappa shape index (κ3) is 1.43. The summed E-state index contributed by atoms with van der Waals surface area (Å²) in [5.74, 6) is 0.0555. The third-order valence-corrected chi connectivity index (χ3v) is 1.40. The molecule has 1 aliphatic rings. The van der Waals surface area contributed by atoms with E-state index in [0.717, 1.165) is 6.29 Å². The fraction of sp³-hybridized carbons (Fsp3) is 0.429. The van der Waals surface area contributed by atoms with Gasteiger partial charge >= 0.3 is 0 Å². The summed E-state index contributed by atoms with van der Waals surface area (Å²) in [6.45, 7) is 1.72. The van der Waals surface area contributed by atoms with Crippen LogP contribution in [0.15, 0.2) is 11.6 Å². The minimum Gasteiger partial charge on any atom is -0.349 e. The van der Waals surface area contributed by atoms with E-state index in [4.69, 9.17) is 0 Å². The average molecular weight is 139 g/mol. The van der Waals surface area contributed by atoms with E-state index in [0.29, 0.717) is 12.0 Å². The minimum atomic E-state index is 0.0555. The maximum Gasteiger partial charge on any atom is 0.222 e. The maximum absolute atomic E-state index is 10.4. The summed E-state index contributed by atoms with van der Waals surface area (Å²) in [4.78, 5) is 20.4. The molecule has 0 aromatic rings. The fourth-order valence-corrected chi connectivity index (χ4v) is 0.843. The maximum atomic E-state index is 10.4. The molecule has 3 nitrogen and oxygen atoms in total. The van der Waals surface area contributed by atoms with Gasteiger partial charge in [0.2, 0.25) is 5.91 Å². The summed E-state index contributed by atoms with van der Waals surface area (Å²) in [5.41, 5.74) is 0.671. The number of carbonyl (C=O) groups excluding carboxylic acids is 2. The van der Waals surface area contributed by atoms with Crippen LogP contribution in [0.3, 0.4) is 0 Å². The van der Waals surface area contributed by atoms with E-state index in [1.807, 2.05) is 0 Å². The lowest BCUT2D eigenvalue weighted by atomic mass is 10.0. The van der Waals surface area contributed by atoms with Gasteiger partial charge in [0.25, 0.3) is 0 Å². The molecule has 1 amide bonds. The normalized spacial score (nSPS) is 25.1. The first-order valence-electron chi connectivity index (χ1n) is 3.15. The number of aldehydes is 1. The van der Waals surface area contributed by atoms with Crippen LogP contribution in [0.5, 0.6) is 0 Å². The van der Waals surface area contributed by atoms with Crippen molar-refractivity contribution >= 4 is 12.2 Å². The van der Waals surface area contributed by atoms with Crippen LogP contribution in [0, 0.1) is 0 Å². The molecular formula is C7H9NO2. The molecule has 0 aromatic heterocycles. The number of β-lactam (4-membered cyclic amide) rings is 1. The smallest absolute Gasteiger partial charge is 0.222 e. The Morgan fingerprint density at radius 1 is 1.80 bits per heavy atom. The molecule has 1 N–H and O–H groups in total. The van der Waals surface area contributed by atoms with Crippen LogP contribution in [0.4, 0.5) is 0 Å². The van der Waals surface area contributed by atoms with Crippen molar-refractivity contribution in [2.24, 2.45) is 0 Å². The Labute approximate surface area is 59.1 Å². The van der Waals surface area contributed by atoms with Crippen LogP contribution in [-0.4, -0.2) is 18.2 Å². The van der Waals surface area contributed by atoms with Gasteiger partial charge in [0, 0.05) is 0 Å². The van der Waals surface area contributed by atoms with Gasteiger partial charge in [0.05, 0.1) is 12.5 Å². The number of hydrogen-bond donors (Lipinski definition) is 1. The fourth-order valence-electron chi connectivity index (χ4n) is 0.843. The van der Waals surface area contributed by atoms with E-state index in [1.165, 1.54) is 0 Å². The Kier molecular flexibility index (Phi) is 1.85. The zero-order valence-electron chi connectivity index (χ0n) is 5.76. The van der Waals surface area contributed by atoms with Gasteiger partial charge in [-0.15, -0.1) is 0 Å². The van der Waals surface area contributed by atoms with Gasteiger partial charge in [-0.2, -0.15) is 0 Å². The molecule has 1 rings (SSSR count). The molecule has 0 bridgehead atoms. The lowest BCUT2D eigenvalue weighted by Crippen LogP contribution is -2.47. The van der Waals surface area contributed by atoms with E-state index in [-0.39, 0.29) is 11.9 Å². The van der Waals surface area contributed by atoms with Crippen LogP contribution in [-0.2, 0) is 9.59 Å². The van der Waals surface area contributed by atoms with Crippen molar-refractivity contribution < 1.29 is 9.59 Å². The zero-order chi connectivity index (χ0) is 7.56. The molecule has 0 aromatic carbocycles. The SMILES string of the molecule is C/C(C=O)=C\C1CC(=O)N1. The third-order valence-electron chi connectivity index (χ3n) is 1.40. The predicted octanol–water partition coefficient (Wildman–Crippen LogP) is 0.0201. The monoisotopic (exact) mass is 139 g/mol. The highest BCUT2D eigenvalue weighted by Crippen LogP contribution is 2.06. The van der Waals surface area contributed by atoms with Crippen molar-refractivity contribution in [3.8, 4) is 0 Å². The van der Waals surface area contributed by atoms with Gasteiger partial charge in [0.15, 0.2) is 0 Å². The molecule has 10 heavy (non-hydrogen) atoms. The Morgan fingerprint density at radius 2 is 2.40 bits per heavy atom. The van der Waals surface area contributed by atoms with E-state index >= 15 is 0 Å². The highest BCUT2D eigenvalue weighted by molar-refractivity contribution is 5.84. The summed E-state index contributed by atoms with van der Waals surface area (Å²) in [6, 6.07) is 0.0951. The van der Waals surface area contributed by atoms with Gasteiger partial charge in [0.1, 0.15) is 6.29 Å². The standard InChI is InChI=1S/C7H9NO2/c1-5(4-9)2-6-3-7(10)8-6/h2,4,6H,3H2,1H3,(H,8,10)/b5-2+. The summed E-state index contributed by atoms with van der Waals surface area (Å²) in [6.07, 6.45) is 3.06. The summed E-state index contributed by atoms with van der Waals surface area (Å²) >= 11 is 0. The van der Waals surface area contributed by atoms with Gasteiger partial charge in [-0.05, 0) is 12.5 Å². The first-order valence-corrected chi connectivity index (χ1v) is 3.15. The molecule has 1 fully saturated rings. The number of nitrogens with one attached hydrogen (secondary N) is 1. The molecule has 1 heterocycles. The van der Waals surface area contributed by atoms with Gasteiger partial charge in [-0.1, -0.05) is 6.08 Å². The van der Waals surface area contributed by atoms with Crippen LogP contribution in [0.25, 0.3) is 0 Å². The Morgan fingerprint density at radius 3 is 2.80 bits per heavy atom. The summed E-state index contributed by atoms with van der Waals surface area (Å²) in [5, 5.41) is 2.63. The second kappa shape index (κ2) is 2.64. The number of amides is 1. The molecule has 1 saturated heterocycles. The lowest BCUT2D eigenvalue weighted by molar-refractivity contribution is -0.127. The van der Waals surface area contributed by atoms with E-state index in [1.54, 1.807) is 13.0 Å². The van der Waals surface area contributed by atoms with Gasteiger partial charge < -0.3 is 5.32 Å². The highest BCUT2D eigenvalue weighted by Gasteiger charge is 2.22. The van der Waals surface area contributed by atoms with Gasteiger partial charge in [-0.3, -0.25) is 9.59 Å². The lowest BCUT2D eigenvalue weighted by Gasteiger charge is -2.23. The van der Waals surface area contributed by atoms with Crippen molar-refractivity contribution in [2.45, 2.75) is 19.4 Å². The van der Waals surface area contributed by atoms with Crippen LogP contribution >= 0.6 is 0 Å². The molecule has 54 valence electrons. The average Bonchev–Trinajstić information content (AvgIpc) is 1.84. The first kappa shape index (κ1) is 6.99. The topological polar surface area (TPSA) is 46.2 Å². The quantitative estimate of drug-likeness (QED) is 0.333. The van der Waals surface area contributed by atoms with Crippen molar-refractivity contribution in [1.29, 1.82) is 0 Å². The van der Waals surface area contributed by atoms with Crippen molar-refractivity contribution in [1.82, 2.24) is 5.32 Å². The Bertz CT molecular complexity index is 188. The predicted molar refractivity (Wildman–Crippen MR) is 36.4 cm³/mol. The van der Waals surface area contributed by atoms with E-state index in [9.17, 15) is 9.59 Å². The largest absolute Gasteiger partial charge is 0.349 e. The van der Waals surface area contributed by atoms with Crippen LogP contribution in [0.2, 0.25) is 0 Å². The molecule has 0 radical (unpaired) electrons. The van der Waals surface area contributed by atoms with E-state index in [2.05, 4.69) is 5.32 Å². The molecule has 1 unspecified atom stereocenters. The molecule has 3 heteroatoms. The van der Waals surface area contributed by atoms with E-state index < -0.39 is 0 Å². The first-order chi connectivity index (χ1) is 4.72. The molecule has 0 aliphatic carbocycles. The summed E-state index contributed by atoms with van der Waals surface area (Å²) in [7, 11) is 0. The Balaban J connectivity index is 2.40. The molecule has 0 spiro atoms. The second-order valence-corrected chi connectivity index (χ2v) is 2.41. The van der Waals surface area contributed by atoms with Gasteiger partial charge in [-0.25, -0.2) is 0 Å². The molecule has 1 atom stereocenters. The van der Waals surface area contributed by atoms with Crippen molar-refractivity contribution in [3.63, 3.8) is 0 Å². The zero-order valence-corrected chi connectivity index (χ0v) is 5.76. The Hall–Kier alpha value is -1.12. The summed E-state index contributed by atoms with van der Waals surface area (Å²) < 4.78 is 0. The molecule has 0 saturated carbocycles. The minimum absolute atomic E-state index is 0.0555. The molecule has 1 aliphatic heterocycles. The number of rotatable bonds is 2. The number of allylic oxidation sites excluding steroid dienone is 1. The number of hydrogen-bond acceptors (Lipinski definition) is 2. The van der Waals surface area contributed by atoms with Crippen molar-refractivity contribution in [2.75, 3.05) is 0 Å². The number of carbonyl (C=O) groups is 2.